The van der Waals surface area contributed by atoms with Gasteiger partial charge in [0.05, 0.1) is 11.6 Å². The number of pyridine rings is 1. The first kappa shape index (κ1) is 18.9. The van der Waals surface area contributed by atoms with E-state index < -0.39 is 11.9 Å². The smallest absolute Gasteiger partial charge is 0.337 e. The first-order chi connectivity index (χ1) is 13.4. The molecule has 0 N–H and O–H groups in total. The van der Waals surface area contributed by atoms with Crippen LogP contribution in [0, 0.1) is 0 Å². The molecule has 0 unspecified atom stereocenters. The van der Waals surface area contributed by atoms with Crippen molar-refractivity contribution in [1.29, 1.82) is 0 Å². The van der Waals surface area contributed by atoms with Crippen LogP contribution in [0.4, 0.5) is 13.2 Å². The van der Waals surface area contributed by atoms with Crippen LogP contribution in [-0.4, -0.2) is 49.3 Å². The summed E-state index contributed by atoms with van der Waals surface area (Å²) in [6.07, 6.45) is 1.78. The number of aromatic nitrogens is 4. The van der Waals surface area contributed by atoms with Crippen LogP contribution in [0.15, 0.2) is 41.8 Å². The van der Waals surface area contributed by atoms with Gasteiger partial charge >= 0.3 is 6.18 Å². The van der Waals surface area contributed by atoms with Crippen molar-refractivity contribution in [2.24, 2.45) is 0 Å². The van der Waals surface area contributed by atoms with Gasteiger partial charge in [0, 0.05) is 25.5 Å². The highest BCUT2D eigenvalue weighted by atomic mass is 32.2. The van der Waals surface area contributed by atoms with Gasteiger partial charge in [0.2, 0.25) is 0 Å². The molecule has 28 heavy (non-hydrogen) atoms. The van der Waals surface area contributed by atoms with Crippen LogP contribution in [0.1, 0.15) is 35.1 Å². The van der Waals surface area contributed by atoms with E-state index in [2.05, 4.69) is 10.1 Å². The molecule has 10 heteroatoms. The first-order valence-electron chi connectivity index (χ1n) is 8.81. The topological polar surface area (TPSA) is 55.4 Å². The summed E-state index contributed by atoms with van der Waals surface area (Å²) in [6, 6.07) is 6.43. The highest BCUT2D eigenvalue weighted by molar-refractivity contribution is 7.98. The largest absolute Gasteiger partial charge is 0.435 e. The second-order valence-electron chi connectivity index (χ2n) is 6.61. The van der Waals surface area contributed by atoms with Gasteiger partial charge in [-0.2, -0.15) is 18.3 Å². The fourth-order valence-electron chi connectivity index (χ4n) is 3.49. The molecule has 148 valence electrons. The number of likely N-dealkylation sites (tertiary alicyclic amines) is 1. The molecule has 6 nitrogen and oxygen atoms in total. The SMILES string of the molecule is CSc1nc(C(=O)N2CCC(n3ccc(C(F)(F)F)n3)CC2)c2ccccn12. The van der Waals surface area contributed by atoms with Gasteiger partial charge in [-0.1, -0.05) is 17.8 Å². The molecule has 3 aromatic rings. The summed E-state index contributed by atoms with van der Waals surface area (Å²) < 4.78 is 41.5. The molecule has 0 saturated carbocycles. The predicted molar refractivity (Wildman–Crippen MR) is 98.4 cm³/mol. The Bertz CT molecular complexity index is 1000. The second kappa shape index (κ2) is 7.16. The third-order valence-corrected chi connectivity index (χ3v) is 5.58. The quantitative estimate of drug-likeness (QED) is 0.619. The number of imidazole rings is 1. The van der Waals surface area contributed by atoms with Crippen LogP contribution in [0.2, 0.25) is 0 Å². The lowest BCUT2D eigenvalue weighted by molar-refractivity contribution is -0.141. The Morgan fingerprint density at radius 3 is 2.57 bits per heavy atom. The molecule has 0 spiro atoms. The van der Waals surface area contributed by atoms with Crippen molar-refractivity contribution in [3.8, 4) is 0 Å². The summed E-state index contributed by atoms with van der Waals surface area (Å²) in [4.78, 5) is 19.2. The van der Waals surface area contributed by atoms with E-state index in [1.165, 1.54) is 22.6 Å². The summed E-state index contributed by atoms with van der Waals surface area (Å²) in [6.45, 7) is 0.899. The number of hydrogen-bond donors (Lipinski definition) is 0. The van der Waals surface area contributed by atoms with Crippen LogP contribution >= 0.6 is 11.8 Å². The number of carbonyl (C=O) groups excluding carboxylic acids is 1. The Labute approximate surface area is 163 Å². The third kappa shape index (κ3) is 3.36. The minimum atomic E-state index is -4.45. The number of halogens is 3. The minimum Gasteiger partial charge on any atom is -0.337 e. The summed E-state index contributed by atoms with van der Waals surface area (Å²) in [5.74, 6) is -0.154. The van der Waals surface area contributed by atoms with Crippen LogP contribution < -0.4 is 0 Å². The van der Waals surface area contributed by atoms with Gasteiger partial charge in [-0.25, -0.2) is 4.98 Å². The molecule has 1 amide bonds. The van der Waals surface area contributed by atoms with Crippen molar-refractivity contribution < 1.29 is 18.0 Å². The number of thioether (sulfide) groups is 1. The molecule has 0 atom stereocenters. The standard InChI is InChI=1S/C18H18F3N5OS/c1-28-17-22-15(13-4-2-3-8-25(13)17)16(27)24-9-5-12(6-10-24)26-11-7-14(23-26)18(19,20)21/h2-4,7-8,11-12H,5-6,9-10H2,1H3. The van der Waals surface area contributed by atoms with Crippen LogP contribution in [0.25, 0.3) is 5.52 Å². The Morgan fingerprint density at radius 2 is 1.93 bits per heavy atom. The Kier molecular flexibility index (Phi) is 4.82. The van der Waals surface area contributed by atoms with Gasteiger partial charge in [-0.3, -0.25) is 13.9 Å². The van der Waals surface area contributed by atoms with E-state index in [0.29, 0.717) is 31.6 Å². The van der Waals surface area contributed by atoms with Gasteiger partial charge in [0.25, 0.3) is 5.91 Å². The summed E-state index contributed by atoms with van der Waals surface area (Å²) >= 11 is 1.46. The van der Waals surface area contributed by atoms with Crippen LogP contribution in [-0.2, 0) is 6.18 Å². The molecule has 1 saturated heterocycles. The molecule has 0 bridgehead atoms. The highest BCUT2D eigenvalue weighted by Crippen LogP contribution is 2.30. The number of piperidine rings is 1. The van der Waals surface area contributed by atoms with E-state index in [0.717, 1.165) is 16.7 Å². The highest BCUT2D eigenvalue weighted by Gasteiger charge is 2.35. The number of rotatable bonds is 3. The lowest BCUT2D eigenvalue weighted by Gasteiger charge is -2.31. The fourth-order valence-corrected chi connectivity index (χ4v) is 4.03. The second-order valence-corrected chi connectivity index (χ2v) is 7.38. The Hall–Kier alpha value is -2.49. The van der Waals surface area contributed by atoms with Crippen molar-refractivity contribution >= 4 is 23.2 Å². The number of nitrogens with zero attached hydrogens (tertiary/aromatic N) is 5. The van der Waals surface area contributed by atoms with Gasteiger partial charge in [-0.05, 0) is 37.3 Å². The zero-order chi connectivity index (χ0) is 19.9. The van der Waals surface area contributed by atoms with E-state index in [-0.39, 0.29) is 11.9 Å². The first-order valence-corrected chi connectivity index (χ1v) is 10.0. The lowest BCUT2D eigenvalue weighted by atomic mass is 10.0. The molecule has 1 aliphatic rings. The summed E-state index contributed by atoms with van der Waals surface area (Å²) in [5.41, 5.74) is 0.266. The normalized spacial score (nSPS) is 16.1. The number of alkyl halides is 3. The fraction of sp³-hybridized carbons (Fsp3) is 0.389. The Morgan fingerprint density at radius 1 is 1.18 bits per heavy atom. The van der Waals surface area contributed by atoms with Crippen molar-refractivity contribution in [1.82, 2.24) is 24.1 Å². The average molecular weight is 409 g/mol. The zero-order valence-electron chi connectivity index (χ0n) is 15.1. The Balaban J connectivity index is 1.48. The van der Waals surface area contributed by atoms with Crippen molar-refractivity contribution in [2.75, 3.05) is 19.3 Å². The maximum Gasteiger partial charge on any atom is 0.435 e. The molecule has 4 rings (SSSR count). The minimum absolute atomic E-state index is 0.152. The van der Waals surface area contributed by atoms with Gasteiger partial charge in [0.15, 0.2) is 16.5 Å². The predicted octanol–water partition coefficient (Wildman–Crippen LogP) is 3.75. The van der Waals surface area contributed by atoms with Gasteiger partial charge < -0.3 is 4.90 Å². The van der Waals surface area contributed by atoms with E-state index in [1.54, 1.807) is 4.90 Å². The van der Waals surface area contributed by atoms with Crippen molar-refractivity contribution in [2.45, 2.75) is 30.2 Å². The van der Waals surface area contributed by atoms with E-state index in [4.69, 9.17) is 0 Å². The summed E-state index contributed by atoms with van der Waals surface area (Å²) in [5, 5.41) is 4.40. The number of hydrogen-bond acceptors (Lipinski definition) is 4. The third-order valence-electron chi connectivity index (χ3n) is 4.93. The van der Waals surface area contributed by atoms with Crippen molar-refractivity contribution in [3.63, 3.8) is 0 Å². The monoisotopic (exact) mass is 409 g/mol. The van der Waals surface area contributed by atoms with E-state index >= 15 is 0 Å². The molecule has 3 aromatic heterocycles. The maximum atomic E-state index is 13.0. The van der Waals surface area contributed by atoms with Crippen LogP contribution in [0.5, 0.6) is 0 Å². The molecule has 1 fully saturated rings. The van der Waals surface area contributed by atoms with Gasteiger partial charge in [-0.15, -0.1) is 0 Å². The molecule has 0 aromatic carbocycles. The van der Waals surface area contributed by atoms with Crippen LogP contribution in [0.3, 0.4) is 0 Å². The van der Waals surface area contributed by atoms with Crippen molar-refractivity contribution in [3.05, 3.63) is 48.0 Å². The maximum absolute atomic E-state index is 13.0. The molecular formula is C18H18F3N5OS. The molecule has 1 aliphatic heterocycles. The van der Waals surface area contributed by atoms with Gasteiger partial charge in [0.1, 0.15) is 0 Å². The lowest BCUT2D eigenvalue weighted by Crippen LogP contribution is -2.39. The zero-order valence-corrected chi connectivity index (χ0v) is 15.9. The molecule has 4 heterocycles. The van der Waals surface area contributed by atoms with E-state index in [9.17, 15) is 18.0 Å². The van der Waals surface area contributed by atoms with E-state index in [1.807, 2.05) is 35.1 Å². The number of carbonyl (C=O) groups is 1. The number of fused-ring (bicyclic) bond motifs is 1. The molecule has 0 aliphatic carbocycles. The molecule has 0 radical (unpaired) electrons. The summed E-state index contributed by atoms with van der Waals surface area (Å²) in [7, 11) is 0. The number of amides is 1. The molecular weight excluding hydrogens is 391 g/mol. The average Bonchev–Trinajstić information content (AvgIpc) is 3.33.